The van der Waals surface area contributed by atoms with Crippen LogP contribution in [0.4, 0.5) is 15.9 Å². The third-order valence-corrected chi connectivity index (χ3v) is 7.99. The van der Waals surface area contributed by atoms with Crippen LogP contribution in [0.1, 0.15) is 11.1 Å². The number of rotatable bonds is 7. The highest BCUT2D eigenvalue weighted by atomic mass is 35.5. The molecule has 7 nitrogen and oxygen atoms in total. The van der Waals surface area contributed by atoms with Crippen molar-refractivity contribution in [3.8, 4) is 5.75 Å². The number of benzene rings is 3. The molecule has 0 spiro atoms. The molecule has 1 amide bonds. The molecular weight excluding hydrogens is 537 g/mol. The number of amides is 1. The number of halogens is 2. The minimum absolute atomic E-state index is 0.152. The summed E-state index contributed by atoms with van der Waals surface area (Å²) in [5, 5.41) is 9.01. The topological polar surface area (TPSA) is 79.4 Å². The van der Waals surface area contributed by atoms with E-state index in [2.05, 4.69) is 26.7 Å². The summed E-state index contributed by atoms with van der Waals surface area (Å²) in [6, 6.07) is 17.8. The van der Waals surface area contributed by atoms with E-state index in [1.807, 2.05) is 23.1 Å². The summed E-state index contributed by atoms with van der Waals surface area (Å²) in [5.74, 6) is 1.02. The van der Waals surface area contributed by atoms with Crippen LogP contribution in [-0.4, -0.2) is 47.0 Å². The van der Waals surface area contributed by atoms with Crippen LogP contribution in [0.2, 0.25) is 5.02 Å². The largest absolute Gasteiger partial charge is 0.487 e. The van der Waals surface area contributed by atoms with Crippen LogP contribution < -0.4 is 15.4 Å². The molecule has 1 saturated heterocycles. The van der Waals surface area contributed by atoms with Gasteiger partial charge >= 0.3 is 0 Å². The Bertz CT molecular complexity index is 1670. The van der Waals surface area contributed by atoms with Crippen molar-refractivity contribution in [3.05, 3.63) is 89.0 Å². The lowest BCUT2D eigenvalue weighted by atomic mass is 10.1. The fourth-order valence-corrected chi connectivity index (χ4v) is 6.02. The lowest BCUT2D eigenvalue weighted by Gasteiger charge is -2.27. The number of aromatic nitrogens is 2. The van der Waals surface area contributed by atoms with E-state index in [0.717, 1.165) is 63.3 Å². The Hall–Kier alpha value is -3.79. The van der Waals surface area contributed by atoms with Gasteiger partial charge in [0.15, 0.2) is 0 Å². The van der Waals surface area contributed by atoms with Crippen molar-refractivity contribution in [1.29, 1.82) is 0 Å². The summed E-state index contributed by atoms with van der Waals surface area (Å²) in [5.41, 5.74) is 2.45. The van der Waals surface area contributed by atoms with Gasteiger partial charge in [-0.2, -0.15) is 0 Å². The van der Waals surface area contributed by atoms with Crippen LogP contribution in [0.3, 0.4) is 0 Å². The van der Waals surface area contributed by atoms with Gasteiger partial charge in [0, 0.05) is 42.0 Å². The lowest BCUT2D eigenvalue weighted by Crippen LogP contribution is -2.46. The predicted octanol–water partition coefficient (Wildman–Crippen LogP) is 5.93. The van der Waals surface area contributed by atoms with Crippen molar-refractivity contribution in [3.63, 3.8) is 0 Å². The molecule has 1 aliphatic rings. The van der Waals surface area contributed by atoms with Crippen LogP contribution in [0.25, 0.3) is 20.3 Å². The minimum atomic E-state index is -0.307. The third kappa shape index (κ3) is 5.66. The van der Waals surface area contributed by atoms with E-state index in [-0.39, 0.29) is 18.3 Å². The first-order chi connectivity index (χ1) is 19.0. The summed E-state index contributed by atoms with van der Waals surface area (Å²) in [6.07, 6.45) is 1.92. The maximum Gasteiger partial charge on any atom is 0.227 e. The zero-order chi connectivity index (χ0) is 26.8. The van der Waals surface area contributed by atoms with Gasteiger partial charge in [0.05, 0.1) is 16.8 Å². The van der Waals surface area contributed by atoms with Crippen LogP contribution in [-0.2, 0) is 17.8 Å². The van der Waals surface area contributed by atoms with Crippen molar-refractivity contribution in [2.75, 3.05) is 31.5 Å². The normalized spacial score (nSPS) is 13.6. The summed E-state index contributed by atoms with van der Waals surface area (Å²) in [6.45, 7) is 3.38. The minimum Gasteiger partial charge on any atom is -0.487 e. The van der Waals surface area contributed by atoms with Gasteiger partial charge in [-0.3, -0.25) is 4.79 Å². The SMILES string of the molecule is O=C(Cc1ccc2c(c1)sc1ncnc(Nc3ccc(OCc4cccc(F)c4)c(Cl)c3)c12)N1CCNCC1. The van der Waals surface area contributed by atoms with E-state index >= 15 is 0 Å². The van der Waals surface area contributed by atoms with Crippen molar-refractivity contribution in [2.45, 2.75) is 13.0 Å². The molecule has 0 radical (unpaired) electrons. The predicted molar refractivity (Wildman–Crippen MR) is 154 cm³/mol. The Morgan fingerprint density at radius 2 is 1.95 bits per heavy atom. The summed E-state index contributed by atoms with van der Waals surface area (Å²) >= 11 is 8.07. The molecule has 10 heteroatoms. The molecule has 0 unspecified atom stereocenters. The van der Waals surface area contributed by atoms with E-state index in [0.29, 0.717) is 23.0 Å². The van der Waals surface area contributed by atoms with Gasteiger partial charge in [0.25, 0.3) is 0 Å². The van der Waals surface area contributed by atoms with Crippen LogP contribution in [0.15, 0.2) is 67.0 Å². The average Bonchev–Trinajstić information content (AvgIpc) is 3.32. The first kappa shape index (κ1) is 25.5. The highest BCUT2D eigenvalue weighted by Gasteiger charge is 2.18. The molecule has 0 atom stereocenters. The highest BCUT2D eigenvalue weighted by molar-refractivity contribution is 7.25. The zero-order valence-electron chi connectivity index (χ0n) is 20.9. The van der Waals surface area contributed by atoms with Gasteiger partial charge in [-0.25, -0.2) is 14.4 Å². The lowest BCUT2D eigenvalue weighted by molar-refractivity contribution is -0.131. The van der Waals surface area contributed by atoms with Gasteiger partial charge in [0.1, 0.15) is 35.1 Å². The molecule has 198 valence electrons. The number of piperazine rings is 1. The molecule has 3 heterocycles. The van der Waals surface area contributed by atoms with Crippen molar-refractivity contribution >= 4 is 60.7 Å². The summed E-state index contributed by atoms with van der Waals surface area (Å²) in [7, 11) is 0. The molecule has 5 aromatic rings. The average molecular weight is 562 g/mol. The van der Waals surface area contributed by atoms with Crippen molar-refractivity contribution < 1.29 is 13.9 Å². The van der Waals surface area contributed by atoms with E-state index in [1.165, 1.54) is 18.5 Å². The number of anilines is 2. The number of ether oxygens (including phenoxy) is 1. The smallest absolute Gasteiger partial charge is 0.227 e. The van der Waals surface area contributed by atoms with Crippen molar-refractivity contribution in [2.24, 2.45) is 0 Å². The van der Waals surface area contributed by atoms with E-state index in [9.17, 15) is 9.18 Å². The summed E-state index contributed by atoms with van der Waals surface area (Å²) < 4.78 is 20.3. The molecule has 2 N–H and O–H groups in total. The van der Waals surface area contributed by atoms with Gasteiger partial charge in [0.2, 0.25) is 5.91 Å². The van der Waals surface area contributed by atoms with Gasteiger partial charge in [-0.05, 0) is 47.5 Å². The van der Waals surface area contributed by atoms with Gasteiger partial charge in [-0.15, -0.1) is 11.3 Å². The van der Waals surface area contributed by atoms with Crippen LogP contribution in [0.5, 0.6) is 5.75 Å². The Balaban J connectivity index is 1.21. The molecule has 0 saturated carbocycles. The third-order valence-electron chi connectivity index (χ3n) is 6.64. The Labute approximate surface area is 233 Å². The van der Waals surface area contributed by atoms with E-state index < -0.39 is 0 Å². The molecule has 3 aromatic carbocycles. The number of nitrogens with one attached hydrogen (secondary N) is 2. The van der Waals surface area contributed by atoms with Crippen LogP contribution >= 0.6 is 22.9 Å². The number of fused-ring (bicyclic) bond motifs is 3. The quantitative estimate of drug-likeness (QED) is 0.256. The fraction of sp³-hybridized carbons (Fsp3) is 0.207. The second kappa shape index (κ2) is 11.1. The number of hydrogen-bond donors (Lipinski definition) is 2. The molecule has 2 aromatic heterocycles. The number of thiophene rings is 1. The Morgan fingerprint density at radius 3 is 2.77 bits per heavy atom. The Kier molecular flexibility index (Phi) is 7.28. The van der Waals surface area contributed by atoms with Crippen LogP contribution in [0, 0.1) is 5.82 Å². The molecule has 1 aliphatic heterocycles. The van der Waals surface area contributed by atoms with Gasteiger partial charge in [-0.1, -0.05) is 35.9 Å². The maximum absolute atomic E-state index is 13.4. The maximum atomic E-state index is 13.4. The van der Waals surface area contributed by atoms with Gasteiger partial charge < -0.3 is 20.3 Å². The second-order valence-electron chi connectivity index (χ2n) is 9.33. The summed E-state index contributed by atoms with van der Waals surface area (Å²) in [4.78, 5) is 24.5. The molecule has 6 rings (SSSR count). The molecule has 1 fully saturated rings. The molecule has 39 heavy (non-hydrogen) atoms. The monoisotopic (exact) mass is 561 g/mol. The number of hydrogen-bond acceptors (Lipinski definition) is 7. The molecular formula is C29H25ClFN5O2S. The first-order valence-electron chi connectivity index (χ1n) is 12.6. The molecule has 0 bridgehead atoms. The number of carbonyl (C=O) groups is 1. The highest BCUT2D eigenvalue weighted by Crippen LogP contribution is 2.38. The Morgan fingerprint density at radius 1 is 1.08 bits per heavy atom. The second-order valence-corrected chi connectivity index (χ2v) is 10.8. The fourth-order valence-electron chi connectivity index (χ4n) is 4.68. The standard InChI is InChI=1S/C29H25ClFN5O2S/c30-23-15-21(5-7-24(23)38-16-19-2-1-3-20(31)12-19)35-28-27-22-6-4-18(13-25(22)39-29(27)34-17-33-28)14-26(37)36-10-8-32-9-11-36/h1-7,12-13,15,17,32H,8-11,14,16H2,(H,33,34,35). The van der Waals surface area contributed by atoms with E-state index in [4.69, 9.17) is 16.3 Å². The van der Waals surface area contributed by atoms with E-state index in [1.54, 1.807) is 35.6 Å². The molecule has 0 aliphatic carbocycles. The number of carbonyl (C=O) groups excluding carboxylic acids is 1. The first-order valence-corrected chi connectivity index (χ1v) is 13.8. The zero-order valence-corrected chi connectivity index (χ0v) is 22.5. The number of nitrogens with zero attached hydrogens (tertiary/aromatic N) is 3. The van der Waals surface area contributed by atoms with Crippen molar-refractivity contribution in [1.82, 2.24) is 20.2 Å².